The summed E-state index contributed by atoms with van der Waals surface area (Å²) < 4.78 is 41.0. The summed E-state index contributed by atoms with van der Waals surface area (Å²) in [5.74, 6) is -0.158. The average Bonchev–Trinajstić information content (AvgIpc) is 2.93. The lowest BCUT2D eigenvalue weighted by molar-refractivity contribution is 0.0848. The highest BCUT2D eigenvalue weighted by Crippen LogP contribution is 2.37. The standard InChI is InChI=1S/C22H34FNO3S/c1-2-3-4-8-11-21-20(23)16-28(26,27)24(21)19-14-12-18(13-15-19)22(25)17-9-6-5-7-10-17/h12-15,17,20-22,25H,2-11,16H2,1H3. The lowest BCUT2D eigenvalue weighted by atomic mass is 9.83. The number of rotatable bonds is 8. The third-order valence-electron chi connectivity index (χ3n) is 6.33. The van der Waals surface area contributed by atoms with Crippen molar-refractivity contribution in [2.24, 2.45) is 5.92 Å². The summed E-state index contributed by atoms with van der Waals surface area (Å²) in [6.45, 7) is 2.12. The van der Waals surface area contributed by atoms with Crippen LogP contribution in [0.2, 0.25) is 0 Å². The second-order valence-corrected chi connectivity index (χ2v) is 10.3. The number of unbranched alkanes of at least 4 members (excludes halogenated alkanes) is 3. The van der Waals surface area contributed by atoms with E-state index in [0.717, 1.165) is 56.9 Å². The summed E-state index contributed by atoms with van der Waals surface area (Å²) in [6, 6.07) is 6.47. The fourth-order valence-electron chi connectivity index (χ4n) is 4.72. The molecular weight excluding hydrogens is 377 g/mol. The van der Waals surface area contributed by atoms with Gasteiger partial charge in [0.2, 0.25) is 10.0 Å². The van der Waals surface area contributed by atoms with Crippen LogP contribution in [0.1, 0.15) is 82.8 Å². The normalized spacial score (nSPS) is 26.5. The van der Waals surface area contributed by atoms with E-state index in [1.165, 1.54) is 10.7 Å². The van der Waals surface area contributed by atoms with Crippen molar-refractivity contribution in [3.05, 3.63) is 29.8 Å². The van der Waals surface area contributed by atoms with Crippen molar-refractivity contribution in [3.8, 4) is 0 Å². The molecule has 2 fully saturated rings. The number of halogens is 1. The van der Waals surface area contributed by atoms with Crippen molar-refractivity contribution in [2.45, 2.75) is 89.4 Å². The molecule has 0 spiro atoms. The number of hydrogen-bond acceptors (Lipinski definition) is 3. The van der Waals surface area contributed by atoms with Crippen LogP contribution in [0.5, 0.6) is 0 Å². The number of aliphatic hydroxyl groups excluding tert-OH is 1. The summed E-state index contributed by atoms with van der Waals surface area (Å²) in [6.07, 6.45) is 8.32. The van der Waals surface area contributed by atoms with Gasteiger partial charge in [-0.3, -0.25) is 4.31 Å². The topological polar surface area (TPSA) is 57.6 Å². The Bertz CT molecular complexity index is 716. The van der Waals surface area contributed by atoms with Gasteiger partial charge in [0.15, 0.2) is 0 Å². The Morgan fingerprint density at radius 3 is 2.43 bits per heavy atom. The van der Waals surface area contributed by atoms with Gasteiger partial charge in [0, 0.05) is 0 Å². The van der Waals surface area contributed by atoms with E-state index in [0.29, 0.717) is 12.1 Å². The zero-order valence-electron chi connectivity index (χ0n) is 16.9. The number of sulfonamides is 1. The van der Waals surface area contributed by atoms with Gasteiger partial charge in [-0.15, -0.1) is 0 Å². The molecule has 158 valence electrons. The summed E-state index contributed by atoms with van der Waals surface area (Å²) in [5.41, 5.74) is 1.34. The molecule has 4 nitrogen and oxygen atoms in total. The van der Waals surface area contributed by atoms with E-state index in [1.54, 1.807) is 12.1 Å². The van der Waals surface area contributed by atoms with Gasteiger partial charge in [-0.2, -0.15) is 0 Å². The molecule has 1 aromatic rings. The third-order valence-corrected chi connectivity index (χ3v) is 8.15. The van der Waals surface area contributed by atoms with Crippen LogP contribution in [0.25, 0.3) is 0 Å². The molecule has 28 heavy (non-hydrogen) atoms. The molecule has 1 saturated heterocycles. The first kappa shape index (κ1) is 21.6. The minimum absolute atomic E-state index is 0.275. The Morgan fingerprint density at radius 1 is 1.11 bits per heavy atom. The first-order chi connectivity index (χ1) is 13.4. The Labute approximate surface area is 169 Å². The van der Waals surface area contributed by atoms with E-state index >= 15 is 0 Å². The van der Waals surface area contributed by atoms with Crippen molar-refractivity contribution in [1.29, 1.82) is 0 Å². The number of alkyl halides is 1. The van der Waals surface area contributed by atoms with Crippen molar-refractivity contribution in [2.75, 3.05) is 10.1 Å². The molecule has 1 heterocycles. The number of nitrogens with zero attached hydrogens (tertiary/aromatic N) is 1. The minimum Gasteiger partial charge on any atom is -0.388 e. The van der Waals surface area contributed by atoms with Crippen LogP contribution >= 0.6 is 0 Å². The first-order valence-electron chi connectivity index (χ1n) is 10.9. The molecule has 0 amide bonds. The molecule has 0 radical (unpaired) electrons. The minimum atomic E-state index is -3.64. The highest BCUT2D eigenvalue weighted by molar-refractivity contribution is 7.93. The van der Waals surface area contributed by atoms with Gasteiger partial charge in [0.25, 0.3) is 0 Å². The van der Waals surface area contributed by atoms with Crippen molar-refractivity contribution >= 4 is 15.7 Å². The Balaban J connectivity index is 1.73. The largest absolute Gasteiger partial charge is 0.388 e. The zero-order chi connectivity index (χ0) is 20.1. The molecule has 3 atom stereocenters. The number of aliphatic hydroxyl groups is 1. The maximum atomic E-state index is 14.5. The molecule has 6 heteroatoms. The molecule has 2 aliphatic rings. The number of benzene rings is 1. The molecular formula is C22H34FNO3S. The Hall–Kier alpha value is -1.14. The molecule has 1 aromatic carbocycles. The molecule has 3 rings (SSSR count). The van der Waals surface area contributed by atoms with E-state index in [1.807, 2.05) is 12.1 Å². The summed E-state index contributed by atoms with van der Waals surface area (Å²) in [4.78, 5) is 0. The molecule has 3 unspecified atom stereocenters. The Kier molecular flexibility index (Phi) is 7.37. The van der Waals surface area contributed by atoms with Gasteiger partial charge in [-0.1, -0.05) is 64.0 Å². The highest BCUT2D eigenvalue weighted by atomic mass is 32.2. The quantitative estimate of drug-likeness (QED) is 0.604. The average molecular weight is 412 g/mol. The number of anilines is 1. The second-order valence-electron chi connectivity index (χ2n) is 8.44. The molecule has 1 saturated carbocycles. The van der Waals surface area contributed by atoms with Crippen molar-refractivity contribution < 1.29 is 17.9 Å². The SMILES string of the molecule is CCCCCCC1C(F)CS(=O)(=O)N1c1ccc(C(O)C2CCCCC2)cc1. The second kappa shape index (κ2) is 9.57. The van der Waals surface area contributed by atoms with Crippen LogP contribution in [-0.4, -0.2) is 31.5 Å². The smallest absolute Gasteiger partial charge is 0.238 e. The van der Waals surface area contributed by atoms with E-state index in [4.69, 9.17) is 0 Å². The van der Waals surface area contributed by atoms with Gasteiger partial charge >= 0.3 is 0 Å². The number of hydrogen-bond donors (Lipinski definition) is 1. The van der Waals surface area contributed by atoms with E-state index in [9.17, 15) is 17.9 Å². The van der Waals surface area contributed by atoms with Crippen LogP contribution in [0.3, 0.4) is 0 Å². The van der Waals surface area contributed by atoms with Crippen LogP contribution in [0.4, 0.5) is 10.1 Å². The van der Waals surface area contributed by atoms with Gasteiger partial charge in [-0.25, -0.2) is 12.8 Å². The summed E-state index contributed by atoms with van der Waals surface area (Å²) >= 11 is 0. The van der Waals surface area contributed by atoms with E-state index in [-0.39, 0.29) is 5.92 Å². The molecule has 0 aromatic heterocycles. The maximum Gasteiger partial charge on any atom is 0.238 e. The molecule has 1 N–H and O–H groups in total. The van der Waals surface area contributed by atoms with Crippen LogP contribution in [0.15, 0.2) is 24.3 Å². The molecule has 1 aliphatic heterocycles. The lowest BCUT2D eigenvalue weighted by Gasteiger charge is -2.28. The van der Waals surface area contributed by atoms with Gasteiger partial charge in [0.05, 0.1) is 17.8 Å². The maximum absolute atomic E-state index is 14.5. The monoisotopic (exact) mass is 411 g/mol. The highest BCUT2D eigenvalue weighted by Gasteiger charge is 2.45. The third kappa shape index (κ3) is 4.88. The summed E-state index contributed by atoms with van der Waals surface area (Å²) in [7, 11) is -3.64. The molecule has 1 aliphatic carbocycles. The van der Waals surface area contributed by atoms with Gasteiger partial charge < -0.3 is 5.11 Å². The van der Waals surface area contributed by atoms with E-state index < -0.39 is 34.1 Å². The zero-order valence-corrected chi connectivity index (χ0v) is 17.7. The fraction of sp³-hybridized carbons (Fsp3) is 0.727. The first-order valence-corrected chi connectivity index (χ1v) is 12.5. The van der Waals surface area contributed by atoms with Crippen molar-refractivity contribution in [3.63, 3.8) is 0 Å². The van der Waals surface area contributed by atoms with E-state index in [2.05, 4.69) is 6.92 Å². The Morgan fingerprint density at radius 2 is 1.79 bits per heavy atom. The van der Waals surface area contributed by atoms with Gasteiger partial charge in [0.1, 0.15) is 11.9 Å². The van der Waals surface area contributed by atoms with Crippen molar-refractivity contribution in [1.82, 2.24) is 0 Å². The fourth-order valence-corrected chi connectivity index (χ4v) is 6.59. The van der Waals surface area contributed by atoms with Crippen LogP contribution < -0.4 is 4.31 Å². The van der Waals surface area contributed by atoms with Crippen LogP contribution in [0, 0.1) is 5.92 Å². The predicted octanol–water partition coefficient (Wildman–Crippen LogP) is 5.13. The lowest BCUT2D eigenvalue weighted by Crippen LogP contribution is -2.35. The van der Waals surface area contributed by atoms with Crippen LogP contribution in [-0.2, 0) is 10.0 Å². The molecule has 0 bridgehead atoms. The predicted molar refractivity (Wildman–Crippen MR) is 112 cm³/mol. The van der Waals surface area contributed by atoms with Gasteiger partial charge in [-0.05, 0) is 42.9 Å². The summed E-state index contributed by atoms with van der Waals surface area (Å²) in [5, 5.41) is 10.7.